The lowest BCUT2D eigenvalue weighted by atomic mass is 10.3. The summed E-state index contributed by atoms with van der Waals surface area (Å²) in [6, 6.07) is 5.44. The van der Waals surface area contributed by atoms with Crippen LogP contribution >= 0.6 is 0 Å². The number of pyridine rings is 1. The van der Waals surface area contributed by atoms with E-state index in [1.165, 1.54) is 0 Å². The fraction of sp³-hybridized carbons (Fsp3) is 0.154. The number of amides is 1. The smallest absolute Gasteiger partial charge is 0.253 e. The molecule has 0 radical (unpaired) electrons. The molecule has 96 valence electrons. The van der Waals surface area contributed by atoms with Gasteiger partial charge in [0.25, 0.3) is 5.91 Å². The Morgan fingerprint density at radius 3 is 2.68 bits per heavy atom. The highest BCUT2D eigenvalue weighted by atomic mass is 16.1. The first-order chi connectivity index (χ1) is 9.06. The Kier molecular flexibility index (Phi) is 3.61. The molecule has 0 saturated carbocycles. The highest BCUT2D eigenvalue weighted by molar-refractivity contribution is 6.01. The number of nitrogens with one attached hydrogen (secondary N) is 1. The van der Waals surface area contributed by atoms with Crippen molar-refractivity contribution in [1.29, 1.82) is 0 Å². The van der Waals surface area contributed by atoms with Crippen molar-refractivity contribution in [2.75, 3.05) is 5.32 Å². The minimum atomic E-state index is -0.322. The Morgan fingerprint density at radius 1 is 1.26 bits per heavy atom. The van der Waals surface area contributed by atoms with Crippen LogP contribution in [0.1, 0.15) is 12.7 Å². The molecule has 0 atom stereocenters. The molecule has 0 saturated heterocycles. The van der Waals surface area contributed by atoms with Crippen LogP contribution < -0.4 is 5.32 Å². The van der Waals surface area contributed by atoms with Gasteiger partial charge in [0.2, 0.25) is 5.95 Å². The highest BCUT2D eigenvalue weighted by Gasteiger charge is 2.10. The summed E-state index contributed by atoms with van der Waals surface area (Å²) in [6.45, 7) is 6.90. The van der Waals surface area contributed by atoms with Crippen molar-refractivity contribution < 1.29 is 4.79 Å². The third kappa shape index (κ3) is 3.19. The number of aryl methyl sites for hydroxylation is 1. The number of rotatable bonds is 3. The lowest BCUT2D eigenvalue weighted by molar-refractivity contribution is -0.112. The normalized spacial score (nSPS) is 10.0. The van der Waals surface area contributed by atoms with E-state index in [0.717, 1.165) is 0 Å². The summed E-state index contributed by atoms with van der Waals surface area (Å²) < 4.78 is 0. The van der Waals surface area contributed by atoms with E-state index in [2.05, 4.69) is 31.8 Å². The number of hydrogen-bond donors (Lipinski definition) is 1. The van der Waals surface area contributed by atoms with Gasteiger partial charge in [0.1, 0.15) is 11.5 Å². The van der Waals surface area contributed by atoms with E-state index in [1.54, 1.807) is 32.2 Å². The molecule has 19 heavy (non-hydrogen) atoms. The zero-order valence-electron chi connectivity index (χ0n) is 10.7. The van der Waals surface area contributed by atoms with Crippen LogP contribution in [0.3, 0.4) is 0 Å². The summed E-state index contributed by atoms with van der Waals surface area (Å²) in [5.74, 6) is 0.802. The number of nitrogens with zero attached hydrogens (tertiary/aromatic N) is 4. The average molecular weight is 255 g/mol. The monoisotopic (exact) mass is 255 g/mol. The third-order valence-corrected chi connectivity index (χ3v) is 2.25. The van der Waals surface area contributed by atoms with Crippen LogP contribution in [0.5, 0.6) is 0 Å². The zero-order valence-corrected chi connectivity index (χ0v) is 10.7. The molecule has 6 heteroatoms. The number of aromatic nitrogens is 4. The minimum Gasteiger partial charge on any atom is -0.291 e. The highest BCUT2D eigenvalue weighted by Crippen LogP contribution is 2.13. The maximum absolute atomic E-state index is 11.5. The van der Waals surface area contributed by atoms with Gasteiger partial charge in [0.15, 0.2) is 5.82 Å². The molecular formula is C13H13N5O. The van der Waals surface area contributed by atoms with E-state index >= 15 is 0 Å². The largest absolute Gasteiger partial charge is 0.291 e. The van der Waals surface area contributed by atoms with Crippen molar-refractivity contribution in [1.82, 2.24) is 19.9 Å². The van der Waals surface area contributed by atoms with E-state index in [4.69, 9.17) is 0 Å². The Morgan fingerprint density at radius 2 is 2.05 bits per heavy atom. The fourth-order valence-corrected chi connectivity index (χ4v) is 1.36. The number of carbonyl (C=O) groups is 1. The summed E-state index contributed by atoms with van der Waals surface area (Å²) in [6.07, 6.45) is 1.65. The van der Waals surface area contributed by atoms with Gasteiger partial charge in [-0.25, -0.2) is 4.98 Å². The first-order valence-corrected chi connectivity index (χ1v) is 5.67. The van der Waals surface area contributed by atoms with Crippen LogP contribution in [-0.2, 0) is 4.79 Å². The van der Waals surface area contributed by atoms with Gasteiger partial charge in [-0.1, -0.05) is 12.6 Å². The maximum Gasteiger partial charge on any atom is 0.253 e. The molecule has 0 unspecified atom stereocenters. The quantitative estimate of drug-likeness (QED) is 0.845. The molecule has 2 aromatic rings. The molecule has 2 rings (SSSR count). The molecular weight excluding hydrogens is 242 g/mol. The molecule has 1 N–H and O–H groups in total. The number of anilines is 1. The Hall–Kier alpha value is -2.63. The zero-order chi connectivity index (χ0) is 13.8. The molecule has 0 aliphatic carbocycles. The van der Waals surface area contributed by atoms with Gasteiger partial charge in [-0.05, 0) is 26.0 Å². The van der Waals surface area contributed by atoms with Gasteiger partial charge in [0, 0.05) is 11.8 Å². The standard InChI is InChI=1S/C13H13N5O/c1-8(2)12(19)18-13-16-9(3)15-11(17-13)10-6-4-5-7-14-10/h4-7H,1H2,2-3H3,(H,15,16,17,18,19). The van der Waals surface area contributed by atoms with Crippen LogP contribution in [0.2, 0.25) is 0 Å². The van der Waals surface area contributed by atoms with Crippen LogP contribution in [0.15, 0.2) is 36.5 Å². The minimum absolute atomic E-state index is 0.196. The van der Waals surface area contributed by atoms with Gasteiger partial charge in [0.05, 0.1) is 0 Å². The van der Waals surface area contributed by atoms with E-state index in [0.29, 0.717) is 22.9 Å². The summed E-state index contributed by atoms with van der Waals surface area (Å²) in [5.41, 5.74) is 1.01. The molecule has 2 aromatic heterocycles. The second-order valence-corrected chi connectivity index (χ2v) is 3.98. The molecule has 0 aliphatic rings. The number of hydrogen-bond acceptors (Lipinski definition) is 5. The second kappa shape index (κ2) is 5.34. The van der Waals surface area contributed by atoms with E-state index < -0.39 is 0 Å². The Bertz CT molecular complexity index is 624. The molecule has 0 bridgehead atoms. The molecule has 0 fully saturated rings. The van der Waals surface area contributed by atoms with Crippen molar-refractivity contribution in [3.05, 3.63) is 42.4 Å². The molecule has 0 spiro atoms. The van der Waals surface area contributed by atoms with Gasteiger partial charge >= 0.3 is 0 Å². The second-order valence-electron chi connectivity index (χ2n) is 3.98. The predicted octanol–water partition coefficient (Wildman–Crippen LogP) is 1.76. The topological polar surface area (TPSA) is 80.7 Å². The lowest BCUT2D eigenvalue weighted by Crippen LogP contribution is -2.15. The van der Waals surface area contributed by atoms with E-state index in [9.17, 15) is 4.79 Å². The summed E-state index contributed by atoms with van der Waals surface area (Å²) in [7, 11) is 0. The first kappa shape index (κ1) is 12.8. The van der Waals surface area contributed by atoms with Crippen LogP contribution in [0, 0.1) is 6.92 Å². The van der Waals surface area contributed by atoms with Gasteiger partial charge in [-0.15, -0.1) is 0 Å². The summed E-state index contributed by atoms with van der Waals surface area (Å²) >= 11 is 0. The van der Waals surface area contributed by atoms with Crippen molar-refractivity contribution >= 4 is 11.9 Å². The molecule has 0 aromatic carbocycles. The van der Waals surface area contributed by atoms with Crippen LogP contribution in [0.25, 0.3) is 11.5 Å². The van der Waals surface area contributed by atoms with Gasteiger partial charge in [-0.2, -0.15) is 9.97 Å². The molecule has 1 amide bonds. The van der Waals surface area contributed by atoms with Crippen molar-refractivity contribution in [3.63, 3.8) is 0 Å². The van der Waals surface area contributed by atoms with E-state index in [1.807, 2.05) is 6.07 Å². The van der Waals surface area contributed by atoms with Crippen LogP contribution in [-0.4, -0.2) is 25.8 Å². The first-order valence-electron chi connectivity index (χ1n) is 5.67. The predicted molar refractivity (Wildman–Crippen MR) is 71.2 cm³/mol. The van der Waals surface area contributed by atoms with Crippen molar-refractivity contribution in [2.24, 2.45) is 0 Å². The van der Waals surface area contributed by atoms with Crippen LogP contribution in [0.4, 0.5) is 5.95 Å². The molecule has 6 nitrogen and oxygen atoms in total. The maximum atomic E-state index is 11.5. The van der Waals surface area contributed by atoms with Gasteiger partial charge in [-0.3, -0.25) is 15.1 Å². The Balaban J connectivity index is 2.35. The lowest BCUT2D eigenvalue weighted by Gasteiger charge is -2.05. The van der Waals surface area contributed by atoms with Gasteiger partial charge < -0.3 is 0 Å². The SMILES string of the molecule is C=C(C)C(=O)Nc1nc(C)nc(-c2ccccn2)n1. The van der Waals surface area contributed by atoms with E-state index in [-0.39, 0.29) is 11.9 Å². The fourth-order valence-electron chi connectivity index (χ4n) is 1.36. The average Bonchev–Trinajstić information content (AvgIpc) is 2.39. The Labute approximate surface area is 110 Å². The summed E-state index contributed by atoms with van der Waals surface area (Å²) in [5, 5.41) is 2.56. The van der Waals surface area contributed by atoms with Crippen molar-refractivity contribution in [2.45, 2.75) is 13.8 Å². The number of carbonyl (C=O) groups excluding carboxylic acids is 1. The molecule has 2 heterocycles. The van der Waals surface area contributed by atoms with Crippen molar-refractivity contribution in [3.8, 4) is 11.5 Å². The summed E-state index contributed by atoms with van der Waals surface area (Å²) in [4.78, 5) is 28.1. The molecule has 0 aliphatic heterocycles. The third-order valence-electron chi connectivity index (χ3n) is 2.25.